The van der Waals surface area contributed by atoms with Gasteiger partial charge in [0.1, 0.15) is 0 Å². The number of piperidine rings is 1. The van der Waals surface area contributed by atoms with Crippen LogP contribution in [0.25, 0.3) is 0 Å². The number of benzene rings is 1. The van der Waals surface area contributed by atoms with Crippen molar-refractivity contribution < 1.29 is 19.1 Å². The summed E-state index contributed by atoms with van der Waals surface area (Å²) >= 11 is 6.11. The number of hydrogen-bond acceptors (Lipinski definition) is 4. The van der Waals surface area contributed by atoms with Crippen LogP contribution >= 0.6 is 11.6 Å². The van der Waals surface area contributed by atoms with E-state index in [1.807, 2.05) is 4.90 Å². The van der Waals surface area contributed by atoms with Crippen molar-refractivity contribution in [3.8, 4) is 11.5 Å². The van der Waals surface area contributed by atoms with Crippen LogP contribution in [0.4, 0.5) is 0 Å². The van der Waals surface area contributed by atoms with Crippen molar-refractivity contribution >= 4 is 23.4 Å². The average molecular weight is 369 g/mol. The first-order valence-corrected chi connectivity index (χ1v) is 8.81. The topological polar surface area (TPSA) is 67.9 Å². The summed E-state index contributed by atoms with van der Waals surface area (Å²) < 4.78 is 10.3. The van der Waals surface area contributed by atoms with Crippen LogP contribution < -0.4 is 14.8 Å². The Morgan fingerprint density at radius 1 is 1.32 bits per heavy atom. The summed E-state index contributed by atoms with van der Waals surface area (Å²) in [5.74, 6) is 1.09. The van der Waals surface area contributed by atoms with Crippen LogP contribution in [0.15, 0.2) is 12.1 Å². The summed E-state index contributed by atoms with van der Waals surface area (Å²) in [6, 6.07) is 3.08. The number of rotatable bonds is 6. The zero-order valence-electron chi connectivity index (χ0n) is 14.9. The number of hydrogen-bond donors (Lipinski definition) is 1. The van der Waals surface area contributed by atoms with Gasteiger partial charge in [0.25, 0.3) is 5.91 Å². The Hall–Kier alpha value is -1.95. The first-order chi connectivity index (χ1) is 12.0. The lowest BCUT2D eigenvalue weighted by Gasteiger charge is -2.31. The van der Waals surface area contributed by atoms with Gasteiger partial charge in [-0.3, -0.25) is 9.59 Å². The number of nitrogens with one attached hydrogen (secondary N) is 1. The number of likely N-dealkylation sites (tertiary alicyclic amines) is 1. The Morgan fingerprint density at radius 3 is 2.72 bits per heavy atom. The quantitative estimate of drug-likeness (QED) is 0.838. The van der Waals surface area contributed by atoms with E-state index in [-0.39, 0.29) is 18.4 Å². The molecule has 0 aromatic heterocycles. The molecule has 138 valence electrons. The number of halogens is 1. The highest BCUT2D eigenvalue weighted by Crippen LogP contribution is 2.35. The zero-order valence-corrected chi connectivity index (χ0v) is 15.7. The fourth-order valence-corrected chi connectivity index (χ4v) is 3.30. The Kier molecular flexibility index (Phi) is 6.93. The Balaban J connectivity index is 1.90. The van der Waals surface area contributed by atoms with E-state index in [1.54, 1.807) is 6.07 Å². The largest absolute Gasteiger partial charge is 0.493 e. The smallest absolute Gasteiger partial charge is 0.251 e. The summed E-state index contributed by atoms with van der Waals surface area (Å²) in [7, 11) is 2.96. The van der Waals surface area contributed by atoms with E-state index in [0.29, 0.717) is 34.4 Å². The molecule has 1 atom stereocenters. The molecule has 1 aromatic carbocycles. The SMILES string of the molecule is COc1cc(C(=O)NCCC(=O)N2CCCC(C)C2)cc(Cl)c1OC. The van der Waals surface area contributed by atoms with Gasteiger partial charge in [-0.1, -0.05) is 18.5 Å². The molecule has 1 N–H and O–H groups in total. The van der Waals surface area contributed by atoms with Crippen LogP contribution in [0.5, 0.6) is 11.5 Å². The number of amides is 2. The molecule has 1 unspecified atom stereocenters. The molecule has 7 heteroatoms. The maximum absolute atomic E-state index is 12.3. The molecule has 0 saturated carbocycles. The molecule has 6 nitrogen and oxygen atoms in total. The fraction of sp³-hybridized carbons (Fsp3) is 0.556. The Morgan fingerprint density at radius 2 is 2.08 bits per heavy atom. The predicted molar refractivity (Wildman–Crippen MR) is 96.5 cm³/mol. The van der Waals surface area contributed by atoms with Crippen molar-refractivity contribution in [3.05, 3.63) is 22.7 Å². The molecule has 0 radical (unpaired) electrons. The molecule has 1 saturated heterocycles. The summed E-state index contributed by atoms with van der Waals surface area (Å²) in [4.78, 5) is 26.4. The summed E-state index contributed by atoms with van der Waals surface area (Å²) in [6.45, 7) is 4.05. The lowest BCUT2D eigenvalue weighted by atomic mass is 10.00. The van der Waals surface area contributed by atoms with Crippen molar-refractivity contribution in [2.45, 2.75) is 26.2 Å². The molecular formula is C18H25ClN2O4. The second kappa shape index (κ2) is 8.94. The van der Waals surface area contributed by atoms with Gasteiger partial charge in [0.05, 0.1) is 19.2 Å². The summed E-state index contributed by atoms with van der Waals surface area (Å²) in [5, 5.41) is 3.05. The van der Waals surface area contributed by atoms with Crippen LogP contribution in [0.1, 0.15) is 36.5 Å². The van der Waals surface area contributed by atoms with E-state index in [9.17, 15) is 9.59 Å². The van der Waals surface area contributed by atoms with Crippen LogP contribution in [-0.4, -0.2) is 50.6 Å². The molecule has 1 aliphatic rings. The lowest BCUT2D eigenvalue weighted by molar-refractivity contribution is -0.132. The van der Waals surface area contributed by atoms with E-state index >= 15 is 0 Å². The average Bonchev–Trinajstić information content (AvgIpc) is 2.60. The van der Waals surface area contributed by atoms with Gasteiger partial charge in [-0.25, -0.2) is 0 Å². The summed E-state index contributed by atoms with van der Waals surface area (Å²) in [5.41, 5.74) is 0.363. The zero-order chi connectivity index (χ0) is 18.4. The first-order valence-electron chi connectivity index (χ1n) is 8.43. The molecule has 1 heterocycles. The monoisotopic (exact) mass is 368 g/mol. The number of nitrogens with zero attached hydrogens (tertiary/aromatic N) is 1. The number of carbonyl (C=O) groups is 2. The van der Waals surface area contributed by atoms with E-state index in [1.165, 1.54) is 26.7 Å². The lowest BCUT2D eigenvalue weighted by Crippen LogP contribution is -2.40. The van der Waals surface area contributed by atoms with Crippen LogP contribution in [0, 0.1) is 5.92 Å². The maximum atomic E-state index is 12.3. The molecule has 1 aliphatic heterocycles. The molecule has 25 heavy (non-hydrogen) atoms. The predicted octanol–water partition coefficient (Wildman–Crippen LogP) is 2.74. The normalized spacial score (nSPS) is 17.1. The molecule has 0 spiro atoms. The maximum Gasteiger partial charge on any atom is 0.251 e. The minimum absolute atomic E-state index is 0.0807. The molecular weight excluding hydrogens is 344 g/mol. The van der Waals surface area contributed by atoms with Crippen molar-refractivity contribution in [1.29, 1.82) is 0 Å². The molecule has 0 aliphatic carbocycles. The third-order valence-corrected chi connectivity index (χ3v) is 4.61. The first kappa shape index (κ1) is 19.4. The highest BCUT2D eigenvalue weighted by molar-refractivity contribution is 6.32. The Labute approximate surface area is 153 Å². The van der Waals surface area contributed by atoms with Gasteiger partial charge in [0.15, 0.2) is 11.5 Å². The molecule has 0 bridgehead atoms. The van der Waals surface area contributed by atoms with Crippen molar-refractivity contribution in [2.24, 2.45) is 5.92 Å². The van der Waals surface area contributed by atoms with Gasteiger partial charge in [-0.15, -0.1) is 0 Å². The van der Waals surface area contributed by atoms with E-state index < -0.39 is 0 Å². The molecule has 2 amide bonds. The fourth-order valence-electron chi connectivity index (χ4n) is 3.01. The minimum Gasteiger partial charge on any atom is -0.493 e. The van der Waals surface area contributed by atoms with Gasteiger partial charge in [-0.2, -0.15) is 0 Å². The second-order valence-corrected chi connectivity index (χ2v) is 6.69. The second-order valence-electron chi connectivity index (χ2n) is 6.29. The third-order valence-electron chi connectivity index (χ3n) is 4.33. The third kappa shape index (κ3) is 5.01. The Bertz CT molecular complexity index is 636. The number of carbonyl (C=O) groups excluding carboxylic acids is 2. The van der Waals surface area contributed by atoms with Crippen molar-refractivity contribution in [3.63, 3.8) is 0 Å². The van der Waals surface area contributed by atoms with Crippen LogP contribution in [0.2, 0.25) is 5.02 Å². The van der Waals surface area contributed by atoms with E-state index in [2.05, 4.69) is 12.2 Å². The van der Waals surface area contributed by atoms with Gasteiger partial charge in [0.2, 0.25) is 5.91 Å². The molecule has 1 fully saturated rings. The van der Waals surface area contributed by atoms with E-state index in [0.717, 1.165) is 19.5 Å². The number of methoxy groups -OCH3 is 2. The standard InChI is InChI=1S/C18H25ClN2O4/c1-12-5-4-8-21(11-12)16(22)6-7-20-18(23)13-9-14(19)17(25-3)15(10-13)24-2/h9-10,12H,4-8,11H2,1-3H3,(H,20,23). The van der Waals surface area contributed by atoms with Crippen molar-refractivity contribution in [1.82, 2.24) is 10.2 Å². The van der Waals surface area contributed by atoms with Gasteiger partial charge >= 0.3 is 0 Å². The summed E-state index contributed by atoms with van der Waals surface area (Å²) in [6.07, 6.45) is 2.50. The van der Waals surface area contributed by atoms with Gasteiger partial charge in [-0.05, 0) is 30.9 Å². The van der Waals surface area contributed by atoms with Crippen LogP contribution in [0.3, 0.4) is 0 Å². The molecule has 1 aromatic rings. The van der Waals surface area contributed by atoms with E-state index in [4.69, 9.17) is 21.1 Å². The van der Waals surface area contributed by atoms with Gasteiger partial charge in [0, 0.05) is 31.6 Å². The van der Waals surface area contributed by atoms with Crippen LogP contribution in [-0.2, 0) is 4.79 Å². The minimum atomic E-state index is -0.303. The van der Waals surface area contributed by atoms with Gasteiger partial charge < -0.3 is 19.7 Å². The number of ether oxygens (including phenoxy) is 2. The molecule has 2 rings (SSSR count). The van der Waals surface area contributed by atoms with Crippen molar-refractivity contribution in [2.75, 3.05) is 33.9 Å². The highest BCUT2D eigenvalue weighted by atomic mass is 35.5. The highest BCUT2D eigenvalue weighted by Gasteiger charge is 2.21.